The number of anilines is 1. The molecule has 3 aromatic carbocycles. The van der Waals surface area contributed by atoms with Gasteiger partial charge in [-0.2, -0.15) is 0 Å². The summed E-state index contributed by atoms with van der Waals surface area (Å²) >= 11 is 0. The largest absolute Gasteiger partial charge is 0.460 e. The molecule has 0 spiro atoms. The zero-order valence-electron chi connectivity index (χ0n) is 35.9. The number of fused-ring (bicyclic) bond motifs is 2. The highest BCUT2D eigenvalue weighted by molar-refractivity contribution is 5.97. The number of esters is 3. The van der Waals surface area contributed by atoms with Crippen molar-refractivity contribution in [3.8, 4) is 11.5 Å². The van der Waals surface area contributed by atoms with Gasteiger partial charge in [-0.25, -0.2) is 14.4 Å². The highest BCUT2D eigenvalue weighted by Crippen LogP contribution is 2.37. The molecule has 1 heterocycles. The molecule has 5 atom stereocenters. The molecule has 62 heavy (non-hydrogen) atoms. The molecule has 1 fully saturated rings. The molecule has 12 heteroatoms. The van der Waals surface area contributed by atoms with Gasteiger partial charge in [0.1, 0.15) is 17.9 Å². The van der Waals surface area contributed by atoms with Gasteiger partial charge < -0.3 is 34.7 Å². The minimum atomic E-state index is -1.03. The van der Waals surface area contributed by atoms with Crippen molar-refractivity contribution in [3.63, 3.8) is 0 Å². The van der Waals surface area contributed by atoms with Crippen LogP contribution in [0.15, 0.2) is 121 Å². The molecule has 3 aromatic rings. The van der Waals surface area contributed by atoms with Crippen LogP contribution in [0, 0.1) is 11.8 Å². The monoisotopic (exact) mass is 846 g/mol. The van der Waals surface area contributed by atoms with Gasteiger partial charge in [0.05, 0.1) is 35.4 Å². The molecule has 2 amide bonds. The first-order chi connectivity index (χ1) is 29.9. The summed E-state index contributed by atoms with van der Waals surface area (Å²) in [5.41, 5.74) is 1.74. The molecule has 1 saturated carbocycles. The van der Waals surface area contributed by atoms with E-state index in [1.165, 1.54) is 13.2 Å². The Kier molecular flexibility index (Phi) is 18.0. The number of methoxy groups -OCH3 is 1. The highest BCUT2D eigenvalue weighted by atomic mass is 16.6. The molecule has 1 aliphatic carbocycles. The number of aryl methyl sites for hydroxylation is 1. The summed E-state index contributed by atoms with van der Waals surface area (Å²) in [7, 11) is 1.48. The molecule has 328 valence electrons. The van der Waals surface area contributed by atoms with Crippen molar-refractivity contribution < 1.29 is 48.0 Å². The van der Waals surface area contributed by atoms with Gasteiger partial charge in [-0.05, 0) is 75.4 Å². The topological polar surface area (TPSA) is 167 Å². The van der Waals surface area contributed by atoms with Crippen LogP contribution in [0.3, 0.4) is 0 Å². The molecule has 12 nitrogen and oxygen atoms in total. The molecule has 0 radical (unpaired) electrons. The number of carbonyl (C=O) groups excluding carboxylic acids is 5. The Hall–Kier alpha value is -6.11. The number of amides is 2. The van der Waals surface area contributed by atoms with Gasteiger partial charge in [-0.15, -0.1) is 0 Å². The van der Waals surface area contributed by atoms with Crippen LogP contribution in [0.1, 0.15) is 98.4 Å². The predicted octanol–water partition coefficient (Wildman–Crippen LogP) is 8.41. The number of allylic oxidation sites excluding steroid dienone is 5. The van der Waals surface area contributed by atoms with Gasteiger partial charge >= 0.3 is 17.9 Å². The third-order valence-electron chi connectivity index (χ3n) is 11.1. The summed E-state index contributed by atoms with van der Waals surface area (Å²) < 4.78 is 23.4. The number of aliphatic hydroxyl groups is 1. The molecule has 0 saturated heterocycles. The molecule has 5 rings (SSSR count). The predicted molar refractivity (Wildman–Crippen MR) is 237 cm³/mol. The number of nitrogens with one attached hydrogen (secondary N) is 2. The molecule has 2 bridgehead atoms. The van der Waals surface area contributed by atoms with E-state index >= 15 is 0 Å². The van der Waals surface area contributed by atoms with Crippen molar-refractivity contribution in [2.75, 3.05) is 12.4 Å². The molecule has 2 aliphatic rings. The Morgan fingerprint density at radius 3 is 2.16 bits per heavy atom. The maximum absolute atomic E-state index is 13.6. The summed E-state index contributed by atoms with van der Waals surface area (Å²) in [6, 6.07) is 19.0. The second-order valence-corrected chi connectivity index (χ2v) is 15.8. The quantitative estimate of drug-likeness (QED) is 0.108. The minimum Gasteiger partial charge on any atom is -0.460 e. The maximum atomic E-state index is 13.6. The number of rotatable bonds is 9. The van der Waals surface area contributed by atoms with Crippen LogP contribution in [0.25, 0.3) is 0 Å². The van der Waals surface area contributed by atoms with Crippen molar-refractivity contribution >= 4 is 35.4 Å². The van der Waals surface area contributed by atoms with Crippen LogP contribution < -0.4 is 20.1 Å². The summed E-state index contributed by atoms with van der Waals surface area (Å²) in [6.45, 7) is 5.19. The summed E-state index contributed by atoms with van der Waals surface area (Å²) in [5.74, 6) is -3.01. The average Bonchev–Trinajstić information content (AvgIpc) is 3.28. The van der Waals surface area contributed by atoms with E-state index in [1.807, 2.05) is 12.2 Å². The number of carbonyl (C=O) groups is 5. The summed E-state index contributed by atoms with van der Waals surface area (Å²) in [4.78, 5) is 66.8. The Morgan fingerprint density at radius 1 is 0.855 bits per heavy atom. The fourth-order valence-corrected chi connectivity index (χ4v) is 7.38. The lowest BCUT2D eigenvalue weighted by atomic mass is 9.88. The lowest BCUT2D eigenvalue weighted by molar-refractivity contribution is -0.156. The van der Waals surface area contributed by atoms with E-state index in [1.54, 1.807) is 118 Å². The van der Waals surface area contributed by atoms with Gasteiger partial charge in [0.25, 0.3) is 0 Å². The van der Waals surface area contributed by atoms with E-state index in [9.17, 15) is 29.1 Å². The van der Waals surface area contributed by atoms with Crippen LogP contribution in [0.4, 0.5) is 5.69 Å². The summed E-state index contributed by atoms with van der Waals surface area (Å²) in [6.07, 6.45) is 15.5. The van der Waals surface area contributed by atoms with E-state index in [0.29, 0.717) is 23.1 Å². The summed E-state index contributed by atoms with van der Waals surface area (Å²) in [5, 5.41) is 17.4. The van der Waals surface area contributed by atoms with Gasteiger partial charge in [-0.3, -0.25) is 9.59 Å². The Morgan fingerprint density at radius 2 is 1.50 bits per heavy atom. The second-order valence-electron chi connectivity index (χ2n) is 15.8. The van der Waals surface area contributed by atoms with Crippen molar-refractivity contribution in [3.05, 3.63) is 138 Å². The van der Waals surface area contributed by atoms with E-state index in [2.05, 4.69) is 10.6 Å². The average molecular weight is 847 g/mol. The first-order valence-corrected chi connectivity index (χ1v) is 21.3. The third-order valence-corrected chi connectivity index (χ3v) is 11.1. The van der Waals surface area contributed by atoms with Crippen molar-refractivity contribution in [2.24, 2.45) is 11.8 Å². The van der Waals surface area contributed by atoms with Crippen LogP contribution in [0.2, 0.25) is 0 Å². The highest BCUT2D eigenvalue weighted by Gasteiger charge is 2.31. The third kappa shape index (κ3) is 14.0. The number of benzene rings is 3. The number of aliphatic hydroxyl groups excluding tert-OH is 1. The molecular weight excluding hydrogens is 789 g/mol. The minimum absolute atomic E-state index is 0.0627. The first kappa shape index (κ1) is 46.9. The van der Waals surface area contributed by atoms with E-state index in [0.717, 1.165) is 32.1 Å². The van der Waals surface area contributed by atoms with E-state index in [-0.39, 0.29) is 53.8 Å². The molecular formula is C50H58N2O10. The number of hydrogen-bond donors (Lipinski definition) is 3. The van der Waals surface area contributed by atoms with E-state index < -0.39 is 54.1 Å². The van der Waals surface area contributed by atoms with Crippen LogP contribution >= 0.6 is 0 Å². The maximum Gasteiger partial charge on any atom is 0.343 e. The molecule has 1 aliphatic heterocycles. The smallest absolute Gasteiger partial charge is 0.343 e. The fraction of sp³-hybridized carbons (Fsp3) is 0.380. The van der Waals surface area contributed by atoms with Crippen molar-refractivity contribution in [2.45, 2.75) is 103 Å². The van der Waals surface area contributed by atoms with E-state index in [4.69, 9.17) is 18.9 Å². The van der Waals surface area contributed by atoms with Gasteiger partial charge in [0.2, 0.25) is 11.8 Å². The molecule has 4 unspecified atom stereocenters. The Bertz CT molecular complexity index is 2120. The SMILES string of the molecule is COC1C=C/C=C/C=C/CC(OC(=O)[C@H](C)NC(=O)C2CCCCC2)C(C)C(O)/C(C)=C/CCc2cc(OC(=O)c3ccccc3)cc(c2OC(=O)c2ccccc2)NC(=O)C1. The number of hydrogen-bond acceptors (Lipinski definition) is 10. The Balaban J connectivity index is 1.47. The van der Waals surface area contributed by atoms with Crippen molar-refractivity contribution in [1.29, 1.82) is 0 Å². The molecule has 3 N–H and O–H groups in total. The zero-order valence-corrected chi connectivity index (χ0v) is 35.9. The standard InChI is InChI=1S/C50H58N2O10/c1-33-20-19-27-39-30-41(60-49(57)37-23-13-9-14-24-37)31-42(46(39)62-50(58)38-25-15-10-16-26-38)52-44(53)32-40(59-4)28-17-6-5-7-18-29-43(34(2)45(33)54)61-48(56)35(3)51-47(55)36-21-11-8-12-22-36/h5-7,9-10,13-18,20,23-26,28,30-31,34-36,40,43,45,54H,8,11-12,19,21-22,27,29,32H2,1-4H3,(H,51,55)(H,52,53)/b6-5+,18-7+,28-17?,33-20+/t34?,35-,40?,43?,45?/m0/s1. The van der Waals surface area contributed by atoms with Crippen LogP contribution in [-0.4, -0.2) is 66.3 Å². The lowest BCUT2D eigenvalue weighted by Gasteiger charge is -2.29. The van der Waals surface area contributed by atoms with Crippen LogP contribution in [-0.2, 0) is 30.3 Å². The Labute approximate surface area is 364 Å². The normalized spacial score (nSPS) is 22.9. The second kappa shape index (κ2) is 23.8. The van der Waals surface area contributed by atoms with Crippen molar-refractivity contribution in [1.82, 2.24) is 5.32 Å². The van der Waals surface area contributed by atoms with Gasteiger partial charge in [-0.1, -0.05) is 105 Å². The van der Waals surface area contributed by atoms with Gasteiger partial charge in [0, 0.05) is 37.0 Å². The lowest BCUT2D eigenvalue weighted by Crippen LogP contribution is -2.45. The van der Waals surface area contributed by atoms with Gasteiger partial charge in [0.15, 0.2) is 5.75 Å². The number of ether oxygens (including phenoxy) is 4. The first-order valence-electron chi connectivity index (χ1n) is 21.3. The molecule has 0 aromatic heterocycles. The fourth-order valence-electron chi connectivity index (χ4n) is 7.38. The van der Waals surface area contributed by atoms with Crippen LogP contribution in [0.5, 0.6) is 11.5 Å². The zero-order chi connectivity index (χ0) is 44.4.